The third kappa shape index (κ3) is 3.59. The van der Waals surface area contributed by atoms with Crippen molar-refractivity contribution in [3.05, 3.63) is 59.0 Å². The van der Waals surface area contributed by atoms with Crippen LogP contribution < -0.4 is 10.4 Å². The van der Waals surface area contributed by atoms with Gasteiger partial charge >= 0.3 is 23.7 Å². The molecule has 1 heterocycles. The number of aromatic nitrogens is 2. The molecular weight excluding hydrogens is 421 g/mol. The molecule has 0 aliphatic heterocycles. The Morgan fingerprint density at radius 2 is 1.60 bits per heavy atom. The largest absolute Gasteiger partial charge is 0.497 e. The summed E-state index contributed by atoms with van der Waals surface area (Å²) in [7, 11) is 1.31. The second kappa shape index (κ2) is 7.29. The van der Waals surface area contributed by atoms with Gasteiger partial charge in [-0.2, -0.15) is 35.7 Å². The Kier molecular flexibility index (Phi) is 5.25. The summed E-state index contributed by atoms with van der Waals surface area (Å²) in [6.07, 6.45) is -6.50. The van der Waals surface area contributed by atoms with Crippen molar-refractivity contribution in [2.75, 3.05) is 7.11 Å². The first-order valence-electron chi connectivity index (χ1n) is 8.35. The van der Waals surface area contributed by atoms with Crippen LogP contribution in [-0.2, 0) is 6.54 Å². The number of halogens is 7. The van der Waals surface area contributed by atoms with Crippen LogP contribution in [0.15, 0.2) is 53.3 Å². The van der Waals surface area contributed by atoms with Gasteiger partial charge in [-0.25, -0.2) is 4.79 Å². The fourth-order valence-electron chi connectivity index (χ4n) is 2.86. The van der Waals surface area contributed by atoms with Crippen LogP contribution in [-0.4, -0.2) is 34.7 Å². The lowest BCUT2D eigenvalue weighted by molar-refractivity contribution is -0.357. The topological polar surface area (TPSA) is 44.1 Å². The van der Waals surface area contributed by atoms with Crippen molar-refractivity contribution in [1.82, 2.24) is 9.55 Å². The van der Waals surface area contributed by atoms with E-state index in [4.69, 9.17) is 4.74 Å². The number of nitrogens with zero attached hydrogens (tertiary/aromatic N) is 2. The van der Waals surface area contributed by atoms with E-state index in [1.54, 1.807) is 30.3 Å². The van der Waals surface area contributed by atoms with Crippen LogP contribution in [0.2, 0.25) is 0 Å². The molecule has 2 aromatic carbocycles. The van der Waals surface area contributed by atoms with E-state index in [0.29, 0.717) is 5.56 Å². The zero-order valence-corrected chi connectivity index (χ0v) is 15.2. The fourth-order valence-corrected chi connectivity index (χ4v) is 2.86. The standard InChI is InChI=1S/C19H13F7N2O2/c1-30-12-7-8-14-13(9-12)15(11-5-3-2-4-6-11)27-16(29)28(14)10-17(20,21)18(22,23)19(24,25)26/h2-9H,10H2,1H3. The van der Waals surface area contributed by atoms with Crippen molar-refractivity contribution in [3.63, 3.8) is 0 Å². The molecule has 0 bridgehead atoms. The molecule has 0 unspecified atom stereocenters. The van der Waals surface area contributed by atoms with Gasteiger partial charge in [-0.3, -0.25) is 4.57 Å². The first-order valence-corrected chi connectivity index (χ1v) is 8.35. The molecule has 30 heavy (non-hydrogen) atoms. The molecule has 3 aromatic rings. The molecule has 0 N–H and O–H groups in total. The summed E-state index contributed by atoms with van der Waals surface area (Å²) in [5.41, 5.74) is -1.25. The van der Waals surface area contributed by atoms with Gasteiger partial charge in [0.1, 0.15) is 5.75 Å². The summed E-state index contributed by atoms with van der Waals surface area (Å²) in [5, 5.41) is 0.0614. The highest BCUT2D eigenvalue weighted by Crippen LogP contribution is 2.47. The average Bonchev–Trinajstić information content (AvgIpc) is 2.69. The van der Waals surface area contributed by atoms with Gasteiger partial charge < -0.3 is 4.74 Å². The molecule has 4 nitrogen and oxygen atoms in total. The number of methoxy groups -OCH3 is 1. The van der Waals surface area contributed by atoms with Gasteiger partial charge in [0, 0.05) is 10.9 Å². The minimum absolute atomic E-state index is 0.0386. The van der Waals surface area contributed by atoms with E-state index in [9.17, 15) is 35.5 Å². The SMILES string of the molecule is COc1ccc2c(c1)c(-c1ccccc1)nc(=O)n2CC(F)(F)C(F)(F)C(F)(F)F. The highest BCUT2D eigenvalue weighted by molar-refractivity contribution is 5.93. The Bertz CT molecular complexity index is 1130. The molecule has 0 radical (unpaired) electrons. The summed E-state index contributed by atoms with van der Waals surface area (Å²) in [4.78, 5) is 16.1. The zero-order chi connectivity index (χ0) is 22.3. The van der Waals surface area contributed by atoms with Crippen LogP contribution in [0.5, 0.6) is 5.75 Å². The van der Waals surface area contributed by atoms with E-state index in [0.717, 1.165) is 6.07 Å². The molecule has 160 valence electrons. The normalized spacial score (nSPS) is 12.9. The quantitative estimate of drug-likeness (QED) is 0.537. The van der Waals surface area contributed by atoms with Gasteiger partial charge in [-0.15, -0.1) is 0 Å². The maximum atomic E-state index is 14.0. The Balaban J connectivity index is 2.25. The van der Waals surface area contributed by atoms with Crippen molar-refractivity contribution in [1.29, 1.82) is 0 Å². The number of ether oxygens (including phenoxy) is 1. The van der Waals surface area contributed by atoms with E-state index in [1.165, 1.54) is 19.2 Å². The van der Waals surface area contributed by atoms with Gasteiger partial charge in [0.05, 0.1) is 24.9 Å². The highest BCUT2D eigenvalue weighted by atomic mass is 19.4. The summed E-state index contributed by atoms with van der Waals surface area (Å²) in [6.45, 7) is -2.22. The number of hydrogen-bond donors (Lipinski definition) is 0. The minimum Gasteiger partial charge on any atom is -0.497 e. The second-order valence-corrected chi connectivity index (χ2v) is 6.35. The third-order valence-electron chi connectivity index (χ3n) is 4.41. The second-order valence-electron chi connectivity index (χ2n) is 6.35. The van der Waals surface area contributed by atoms with Crippen molar-refractivity contribution in [2.24, 2.45) is 0 Å². The molecule has 0 amide bonds. The molecule has 3 rings (SSSR count). The van der Waals surface area contributed by atoms with Gasteiger partial charge in [-0.1, -0.05) is 30.3 Å². The van der Waals surface area contributed by atoms with Gasteiger partial charge in [0.2, 0.25) is 0 Å². The van der Waals surface area contributed by atoms with Crippen LogP contribution in [0.1, 0.15) is 0 Å². The Morgan fingerprint density at radius 3 is 2.17 bits per heavy atom. The average molecular weight is 434 g/mol. The minimum atomic E-state index is -6.50. The molecule has 0 saturated carbocycles. The summed E-state index contributed by atoms with van der Waals surface area (Å²) < 4.78 is 97.3. The predicted molar refractivity (Wildman–Crippen MR) is 93.9 cm³/mol. The van der Waals surface area contributed by atoms with E-state index in [1.807, 2.05) is 0 Å². The lowest BCUT2D eigenvalue weighted by Gasteiger charge is -2.29. The Morgan fingerprint density at radius 1 is 0.967 bits per heavy atom. The Labute approximate surface area is 164 Å². The van der Waals surface area contributed by atoms with Crippen LogP contribution in [0, 0.1) is 0 Å². The fraction of sp³-hybridized carbons (Fsp3) is 0.263. The summed E-state index contributed by atoms with van der Waals surface area (Å²) >= 11 is 0. The van der Waals surface area contributed by atoms with Crippen molar-refractivity contribution >= 4 is 10.9 Å². The first kappa shape index (κ1) is 21.6. The summed E-state index contributed by atoms with van der Waals surface area (Å²) in [6, 6.07) is 11.7. The highest BCUT2D eigenvalue weighted by Gasteiger charge is 2.73. The van der Waals surface area contributed by atoms with Crippen molar-refractivity contribution in [2.45, 2.75) is 24.6 Å². The maximum Gasteiger partial charge on any atom is 0.459 e. The lowest BCUT2D eigenvalue weighted by atomic mass is 10.1. The first-order chi connectivity index (χ1) is 13.9. The van der Waals surface area contributed by atoms with Crippen LogP contribution in [0.4, 0.5) is 30.7 Å². The molecule has 0 spiro atoms. The molecule has 1 aromatic heterocycles. The third-order valence-corrected chi connectivity index (χ3v) is 4.41. The number of benzene rings is 2. The predicted octanol–water partition coefficient (Wildman–Crippen LogP) is 4.91. The van der Waals surface area contributed by atoms with Gasteiger partial charge in [-0.05, 0) is 18.2 Å². The molecule has 0 fully saturated rings. The van der Waals surface area contributed by atoms with E-state index in [2.05, 4.69) is 4.98 Å². The molecule has 0 saturated heterocycles. The number of hydrogen-bond acceptors (Lipinski definition) is 3. The van der Waals surface area contributed by atoms with E-state index >= 15 is 0 Å². The van der Waals surface area contributed by atoms with Crippen molar-refractivity contribution < 1.29 is 35.5 Å². The number of fused-ring (bicyclic) bond motifs is 1. The van der Waals surface area contributed by atoms with E-state index in [-0.39, 0.29) is 26.9 Å². The number of rotatable bonds is 5. The van der Waals surface area contributed by atoms with Gasteiger partial charge in [0.25, 0.3) is 0 Å². The monoisotopic (exact) mass is 434 g/mol. The zero-order valence-electron chi connectivity index (χ0n) is 15.2. The lowest BCUT2D eigenvalue weighted by Crippen LogP contribution is -2.54. The maximum absolute atomic E-state index is 14.0. The summed E-state index contributed by atoms with van der Waals surface area (Å²) in [5.74, 6) is -11.7. The molecule has 0 aliphatic rings. The molecule has 11 heteroatoms. The van der Waals surface area contributed by atoms with E-state index < -0.39 is 30.3 Å². The molecular formula is C19H13F7N2O2. The van der Waals surface area contributed by atoms with Crippen LogP contribution >= 0.6 is 0 Å². The van der Waals surface area contributed by atoms with Gasteiger partial charge in [0.15, 0.2) is 0 Å². The van der Waals surface area contributed by atoms with Crippen LogP contribution in [0.25, 0.3) is 22.2 Å². The van der Waals surface area contributed by atoms with Crippen LogP contribution in [0.3, 0.4) is 0 Å². The Hall–Kier alpha value is -3.11. The number of alkyl halides is 7. The smallest absolute Gasteiger partial charge is 0.459 e. The van der Waals surface area contributed by atoms with Crippen molar-refractivity contribution in [3.8, 4) is 17.0 Å². The molecule has 0 atom stereocenters. The molecule has 0 aliphatic carbocycles.